The van der Waals surface area contributed by atoms with Crippen LogP contribution in [0.5, 0.6) is 0 Å². The SMILES string of the molecule is CC(=O)c1cccc(NC(=O)COC(=O)C(C)N2C(=O)C(=O)c3cc(Br)ccc32)c1. The van der Waals surface area contributed by atoms with Crippen molar-refractivity contribution in [3.05, 3.63) is 58.1 Å². The molecule has 0 saturated carbocycles. The topological polar surface area (TPSA) is 110 Å². The number of carbonyl (C=O) groups excluding carboxylic acids is 5. The summed E-state index contributed by atoms with van der Waals surface area (Å²) in [6, 6.07) is 9.95. The number of hydrogen-bond donors (Lipinski definition) is 1. The number of carbonyl (C=O) groups is 5. The van der Waals surface area contributed by atoms with Crippen molar-refractivity contribution in [3.63, 3.8) is 0 Å². The third-order valence-corrected chi connectivity index (χ3v) is 5.00. The van der Waals surface area contributed by atoms with E-state index in [2.05, 4.69) is 21.2 Å². The van der Waals surface area contributed by atoms with Gasteiger partial charge in [-0.25, -0.2) is 4.79 Å². The van der Waals surface area contributed by atoms with Gasteiger partial charge >= 0.3 is 5.97 Å². The number of hydrogen-bond acceptors (Lipinski definition) is 6. The van der Waals surface area contributed by atoms with Crippen LogP contribution in [0.1, 0.15) is 34.6 Å². The molecule has 8 nitrogen and oxygen atoms in total. The molecule has 0 spiro atoms. The van der Waals surface area contributed by atoms with Crippen LogP contribution < -0.4 is 10.2 Å². The van der Waals surface area contributed by atoms with Crippen molar-refractivity contribution in [2.75, 3.05) is 16.8 Å². The van der Waals surface area contributed by atoms with Gasteiger partial charge in [-0.05, 0) is 44.2 Å². The highest BCUT2D eigenvalue weighted by molar-refractivity contribution is 9.10. The summed E-state index contributed by atoms with van der Waals surface area (Å²) in [5.41, 5.74) is 1.32. The zero-order chi connectivity index (χ0) is 22.0. The lowest BCUT2D eigenvalue weighted by molar-refractivity contribution is -0.148. The average molecular weight is 473 g/mol. The van der Waals surface area contributed by atoms with Gasteiger partial charge in [0.25, 0.3) is 17.6 Å². The summed E-state index contributed by atoms with van der Waals surface area (Å²) >= 11 is 3.24. The van der Waals surface area contributed by atoms with Crippen molar-refractivity contribution in [1.82, 2.24) is 0 Å². The number of benzene rings is 2. The predicted molar refractivity (Wildman–Crippen MR) is 111 cm³/mol. The van der Waals surface area contributed by atoms with E-state index in [1.165, 1.54) is 26.0 Å². The maximum atomic E-state index is 12.4. The Morgan fingerprint density at radius 2 is 1.87 bits per heavy atom. The number of rotatable bonds is 6. The van der Waals surface area contributed by atoms with Crippen molar-refractivity contribution in [2.24, 2.45) is 0 Å². The number of Topliss-reactive ketones (excluding diaryl/α,β-unsaturated/α-hetero) is 2. The molecule has 9 heteroatoms. The molecule has 0 saturated heterocycles. The molecule has 2 aromatic rings. The second kappa shape index (κ2) is 8.58. The Labute approximate surface area is 180 Å². The van der Waals surface area contributed by atoms with E-state index in [1.807, 2.05) is 0 Å². The van der Waals surface area contributed by atoms with Crippen LogP contribution in [-0.4, -0.2) is 42.0 Å². The Morgan fingerprint density at radius 1 is 1.13 bits per heavy atom. The number of fused-ring (bicyclic) bond motifs is 1. The number of esters is 1. The first-order valence-corrected chi connectivity index (χ1v) is 9.73. The zero-order valence-corrected chi connectivity index (χ0v) is 17.7. The fraction of sp³-hybridized carbons (Fsp3) is 0.190. The van der Waals surface area contributed by atoms with Crippen LogP contribution in [-0.2, 0) is 19.1 Å². The largest absolute Gasteiger partial charge is 0.454 e. The molecule has 2 amide bonds. The Balaban J connectivity index is 1.63. The first-order valence-electron chi connectivity index (χ1n) is 8.94. The molecule has 154 valence electrons. The number of amides is 2. The molecule has 3 rings (SSSR count). The third-order valence-electron chi connectivity index (χ3n) is 4.50. The summed E-state index contributed by atoms with van der Waals surface area (Å²) in [5.74, 6) is -3.14. The normalized spacial score (nSPS) is 13.6. The first-order chi connectivity index (χ1) is 14.2. The highest BCUT2D eigenvalue weighted by Crippen LogP contribution is 2.33. The monoisotopic (exact) mass is 472 g/mol. The van der Waals surface area contributed by atoms with Gasteiger partial charge in [0.1, 0.15) is 6.04 Å². The van der Waals surface area contributed by atoms with Crippen LogP contribution in [0.4, 0.5) is 11.4 Å². The van der Waals surface area contributed by atoms with Crippen LogP contribution in [0.15, 0.2) is 46.9 Å². The first kappa shape index (κ1) is 21.4. The lowest BCUT2D eigenvalue weighted by Gasteiger charge is -2.23. The van der Waals surface area contributed by atoms with E-state index in [-0.39, 0.29) is 11.3 Å². The lowest BCUT2D eigenvalue weighted by atomic mass is 10.1. The molecular formula is C21H17BrN2O6. The molecule has 0 bridgehead atoms. The third kappa shape index (κ3) is 4.30. The van der Waals surface area contributed by atoms with Crippen molar-refractivity contribution in [1.29, 1.82) is 0 Å². The van der Waals surface area contributed by atoms with Gasteiger partial charge in [-0.3, -0.25) is 24.1 Å². The molecule has 1 N–H and O–H groups in total. The van der Waals surface area contributed by atoms with Gasteiger partial charge in [0.05, 0.1) is 11.3 Å². The van der Waals surface area contributed by atoms with Crippen LogP contribution in [0.2, 0.25) is 0 Å². The molecule has 0 aromatic heterocycles. The van der Waals surface area contributed by atoms with Gasteiger partial charge < -0.3 is 10.1 Å². The lowest BCUT2D eigenvalue weighted by Crippen LogP contribution is -2.44. The van der Waals surface area contributed by atoms with Gasteiger partial charge in [0.2, 0.25) is 0 Å². The molecule has 30 heavy (non-hydrogen) atoms. The second-order valence-electron chi connectivity index (χ2n) is 6.63. The number of anilines is 2. The van der Waals surface area contributed by atoms with Crippen molar-refractivity contribution in [2.45, 2.75) is 19.9 Å². The van der Waals surface area contributed by atoms with E-state index >= 15 is 0 Å². The predicted octanol–water partition coefficient (Wildman–Crippen LogP) is 2.75. The highest BCUT2D eigenvalue weighted by Gasteiger charge is 2.41. The van der Waals surface area contributed by atoms with E-state index in [0.29, 0.717) is 21.4 Å². The van der Waals surface area contributed by atoms with Crippen LogP contribution >= 0.6 is 15.9 Å². The molecule has 0 fully saturated rings. The second-order valence-corrected chi connectivity index (χ2v) is 7.55. The smallest absolute Gasteiger partial charge is 0.329 e. The van der Waals surface area contributed by atoms with E-state index in [9.17, 15) is 24.0 Å². The molecule has 0 aliphatic carbocycles. The van der Waals surface area contributed by atoms with E-state index in [0.717, 1.165) is 4.90 Å². The Bertz CT molecular complexity index is 1080. The minimum Gasteiger partial charge on any atom is -0.454 e. The van der Waals surface area contributed by atoms with Crippen LogP contribution in [0, 0.1) is 0 Å². The highest BCUT2D eigenvalue weighted by atomic mass is 79.9. The molecule has 0 radical (unpaired) electrons. The number of ketones is 2. The van der Waals surface area contributed by atoms with Crippen LogP contribution in [0.3, 0.4) is 0 Å². The Morgan fingerprint density at radius 3 is 2.57 bits per heavy atom. The Hall–Kier alpha value is -3.33. The van der Waals surface area contributed by atoms with Crippen molar-refractivity contribution >= 4 is 56.7 Å². The summed E-state index contributed by atoms with van der Waals surface area (Å²) < 4.78 is 5.65. The van der Waals surface area contributed by atoms with Gasteiger partial charge in [0.15, 0.2) is 12.4 Å². The van der Waals surface area contributed by atoms with Crippen molar-refractivity contribution < 1.29 is 28.7 Å². The fourth-order valence-electron chi connectivity index (χ4n) is 2.99. The van der Waals surface area contributed by atoms with Gasteiger partial charge in [-0.2, -0.15) is 0 Å². The van der Waals surface area contributed by atoms with Gasteiger partial charge in [-0.15, -0.1) is 0 Å². The molecule has 1 aliphatic heterocycles. The van der Waals surface area contributed by atoms with E-state index in [4.69, 9.17) is 4.74 Å². The summed E-state index contributed by atoms with van der Waals surface area (Å²) in [5, 5.41) is 2.53. The van der Waals surface area contributed by atoms with E-state index in [1.54, 1.807) is 30.3 Å². The molecule has 2 aromatic carbocycles. The minimum absolute atomic E-state index is 0.150. The maximum absolute atomic E-state index is 12.4. The molecular weight excluding hydrogens is 456 g/mol. The summed E-state index contributed by atoms with van der Waals surface area (Å²) in [7, 11) is 0. The van der Waals surface area contributed by atoms with E-state index < -0.39 is 36.2 Å². The summed E-state index contributed by atoms with van der Waals surface area (Å²) in [4.78, 5) is 61.5. The quantitative estimate of drug-likeness (QED) is 0.393. The number of nitrogens with one attached hydrogen (secondary N) is 1. The van der Waals surface area contributed by atoms with Crippen LogP contribution in [0.25, 0.3) is 0 Å². The molecule has 1 aliphatic rings. The summed E-state index contributed by atoms with van der Waals surface area (Å²) in [6.45, 7) is 2.24. The molecule has 1 atom stereocenters. The van der Waals surface area contributed by atoms with Gasteiger partial charge in [-0.1, -0.05) is 28.1 Å². The van der Waals surface area contributed by atoms with Crippen molar-refractivity contribution in [3.8, 4) is 0 Å². The number of halogens is 1. The maximum Gasteiger partial charge on any atom is 0.329 e. The standard InChI is InChI=1S/C21H17BrN2O6/c1-11(24-17-7-6-14(22)9-16(17)19(27)20(24)28)21(29)30-10-18(26)23-15-5-3-4-13(8-15)12(2)25/h3-9,11H,10H2,1-2H3,(H,23,26). The zero-order valence-electron chi connectivity index (χ0n) is 16.1. The number of ether oxygens (including phenoxy) is 1. The van der Waals surface area contributed by atoms with Gasteiger partial charge in [0, 0.05) is 15.7 Å². The fourth-order valence-corrected chi connectivity index (χ4v) is 3.36. The minimum atomic E-state index is -1.10. The molecule has 1 heterocycles. The number of nitrogens with zero attached hydrogens (tertiary/aromatic N) is 1. The average Bonchev–Trinajstić information content (AvgIpc) is 2.96. The molecule has 1 unspecified atom stereocenters. The Kier molecular flexibility index (Phi) is 6.12. The summed E-state index contributed by atoms with van der Waals surface area (Å²) in [6.07, 6.45) is 0.